The molecule has 1 aliphatic heterocycles. The van der Waals surface area contributed by atoms with Gasteiger partial charge in [0.25, 0.3) is 0 Å². The van der Waals surface area contributed by atoms with Crippen molar-refractivity contribution in [1.82, 2.24) is 5.32 Å². The molecular formula is C9H15F2N. The predicted octanol–water partition coefficient (Wildman–Crippen LogP) is 2.20. The number of hydrogen-bond acceptors (Lipinski definition) is 1. The van der Waals surface area contributed by atoms with Gasteiger partial charge in [0.1, 0.15) is 0 Å². The SMILES string of the molecule is CC(C)(C1=CCNCC1)C(F)F. The minimum atomic E-state index is -2.26. The second-order valence-corrected chi connectivity index (χ2v) is 3.71. The molecular weight excluding hydrogens is 160 g/mol. The fourth-order valence-corrected chi connectivity index (χ4v) is 1.35. The van der Waals surface area contributed by atoms with Gasteiger partial charge in [-0.05, 0) is 13.0 Å². The van der Waals surface area contributed by atoms with Gasteiger partial charge in [0.2, 0.25) is 6.43 Å². The van der Waals surface area contributed by atoms with E-state index in [0.29, 0.717) is 0 Å². The van der Waals surface area contributed by atoms with Crippen LogP contribution < -0.4 is 5.32 Å². The van der Waals surface area contributed by atoms with E-state index >= 15 is 0 Å². The first-order valence-electron chi connectivity index (χ1n) is 4.23. The molecule has 0 amide bonds. The molecule has 3 heteroatoms. The third-order valence-corrected chi connectivity index (χ3v) is 2.44. The lowest BCUT2D eigenvalue weighted by atomic mass is 9.81. The van der Waals surface area contributed by atoms with Gasteiger partial charge in [-0.15, -0.1) is 0 Å². The zero-order valence-electron chi connectivity index (χ0n) is 7.53. The maximum atomic E-state index is 12.5. The van der Waals surface area contributed by atoms with Crippen LogP contribution in [0.2, 0.25) is 0 Å². The largest absolute Gasteiger partial charge is 0.313 e. The lowest BCUT2D eigenvalue weighted by Crippen LogP contribution is -2.31. The van der Waals surface area contributed by atoms with Crippen LogP contribution in [0.5, 0.6) is 0 Å². The van der Waals surface area contributed by atoms with Crippen molar-refractivity contribution < 1.29 is 8.78 Å². The minimum Gasteiger partial charge on any atom is -0.313 e. The van der Waals surface area contributed by atoms with E-state index < -0.39 is 11.8 Å². The fraction of sp³-hybridized carbons (Fsp3) is 0.778. The highest BCUT2D eigenvalue weighted by atomic mass is 19.3. The number of rotatable bonds is 2. The van der Waals surface area contributed by atoms with E-state index in [9.17, 15) is 8.78 Å². The van der Waals surface area contributed by atoms with Crippen LogP contribution in [-0.4, -0.2) is 19.5 Å². The first-order valence-corrected chi connectivity index (χ1v) is 4.23. The second kappa shape index (κ2) is 3.52. The summed E-state index contributed by atoms with van der Waals surface area (Å²) in [6.45, 7) is 4.76. The van der Waals surface area contributed by atoms with Crippen molar-refractivity contribution in [1.29, 1.82) is 0 Å². The molecule has 1 heterocycles. The molecule has 1 rings (SSSR count). The summed E-state index contributed by atoms with van der Waals surface area (Å²) in [5.74, 6) is 0. The Morgan fingerprint density at radius 1 is 1.50 bits per heavy atom. The Kier molecular flexibility index (Phi) is 2.83. The molecule has 1 N–H and O–H groups in total. The van der Waals surface area contributed by atoms with Crippen molar-refractivity contribution in [2.45, 2.75) is 26.7 Å². The monoisotopic (exact) mass is 175 g/mol. The average molecular weight is 175 g/mol. The van der Waals surface area contributed by atoms with Gasteiger partial charge in [-0.2, -0.15) is 0 Å². The summed E-state index contributed by atoms with van der Waals surface area (Å²) in [6.07, 6.45) is 0.370. The van der Waals surface area contributed by atoms with Crippen LogP contribution in [0.25, 0.3) is 0 Å². The molecule has 0 saturated carbocycles. The third kappa shape index (κ3) is 1.83. The van der Waals surface area contributed by atoms with E-state index in [1.54, 1.807) is 13.8 Å². The molecule has 0 aliphatic carbocycles. The summed E-state index contributed by atoms with van der Waals surface area (Å²) in [5, 5.41) is 3.10. The summed E-state index contributed by atoms with van der Waals surface area (Å²) < 4.78 is 25.1. The summed E-state index contributed by atoms with van der Waals surface area (Å²) >= 11 is 0. The van der Waals surface area contributed by atoms with Crippen molar-refractivity contribution in [2.75, 3.05) is 13.1 Å². The van der Waals surface area contributed by atoms with Crippen LogP contribution in [0.3, 0.4) is 0 Å². The Labute approximate surface area is 71.8 Å². The summed E-state index contributed by atoms with van der Waals surface area (Å²) in [4.78, 5) is 0. The standard InChI is InChI=1S/C9H15F2N/c1-9(2,8(10)11)7-3-5-12-6-4-7/h3,8,12H,4-6H2,1-2H3. The van der Waals surface area contributed by atoms with Crippen LogP contribution in [0.15, 0.2) is 11.6 Å². The van der Waals surface area contributed by atoms with E-state index in [1.807, 2.05) is 6.08 Å². The highest BCUT2D eigenvalue weighted by molar-refractivity contribution is 5.16. The summed E-state index contributed by atoms with van der Waals surface area (Å²) in [5.41, 5.74) is -0.0569. The number of alkyl halides is 2. The van der Waals surface area contributed by atoms with Crippen LogP contribution >= 0.6 is 0 Å². The zero-order valence-corrected chi connectivity index (χ0v) is 7.53. The van der Waals surface area contributed by atoms with Crippen LogP contribution in [0.4, 0.5) is 8.78 Å². The van der Waals surface area contributed by atoms with Crippen molar-refractivity contribution in [2.24, 2.45) is 5.41 Å². The van der Waals surface area contributed by atoms with Crippen molar-refractivity contribution in [3.63, 3.8) is 0 Å². The lowest BCUT2D eigenvalue weighted by molar-refractivity contribution is 0.0410. The van der Waals surface area contributed by atoms with Gasteiger partial charge >= 0.3 is 0 Å². The molecule has 0 unspecified atom stereocenters. The van der Waals surface area contributed by atoms with E-state index in [0.717, 1.165) is 25.1 Å². The normalized spacial score (nSPS) is 19.6. The van der Waals surface area contributed by atoms with Gasteiger partial charge in [-0.25, -0.2) is 8.78 Å². The van der Waals surface area contributed by atoms with Crippen LogP contribution in [-0.2, 0) is 0 Å². The topological polar surface area (TPSA) is 12.0 Å². The highest BCUT2D eigenvalue weighted by Crippen LogP contribution is 2.35. The van der Waals surface area contributed by atoms with E-state index in [4.69, 9.17) is 0 Å². The lowest BCUT2D eigenvalue weighted by Gasteiger charge is -2.29. The molecule has 0 aromatic rings. The molecule has 0 bridgehead atoms. The maximum Gasteiger partial charge on any atom is 0.247 e. The minimum absolute atomic E-state index is 0.728. The number of hydrogen-bond donors (Lipinski definition) is 1. The van der Waals surface area contributed by atoms with E-state index in [1.165, 1.54) is 0 Å². The van der Waals surface area contributed by atoms with Gasteiger partial charge in [0.15, 0.2) is 0 Å². The van der Waals surface area contributed by atoms with E-state index in [-0.39, 0.29) is 0 Å². The quantitative estimate of drug-likeness (QED) is 0.634. The van der Waals surface area contributed by atoms with E-state index in [2.05, 4.69) is 5.32 Å². The summed E-state index contributed by atoms with van der Waals surface area (Å²) in [6, 6.07) is 0. The Balaban J connectivity index is 2.72. The van der Waals surface area contributed by atoms with Gasteiger partial charge in [-0.1, -0.05) is 25.5 Å². The first kappa shape index (κ1) is 9.65. The van der Waals surface area contributed by atoms with Crippen molar-refractivity contribution in [3.05, 3.63) is 11.6 Å². The van der Waals surface area contributed by atoms with Crippen LogP contribution in [0, 0.1) is 5.41 Å². The molecule has 0 fully saturated rings. The predicted molar refractivity (Wildman–Crippen MR) is 45.4 cm³/mol. The molecule has 12 heavy (non-hydrogen) atoms. The molecule has 0 spiro atoms. The first-order chi connectivity index (χ1) is 5.55. The maximum absolute atomic E-state index is 12.5. The van der Waals surface area contributed by atoms with Gasteiger partial charge in [-0.3, -0.25) is 0 Å². The third-order valence-electron chi connectivity index (χ3n) is 2.44. The Bertz CT molecular complexity index is 185. The van der Waals surface area contributed by atoms with Gasteiger partial charge in [0, 0.05) is 12.0 Å². The Morgan fingerprint density at radius 2 is 2.17 bits per heavy atom. The molecule has 1 nitrogen and oxygen atoms in total. The smallest absolute Gasteiger partial charge is 0.247 e. The number of halogens is 2. The number of nitrogens with one attached hydrogen (secondary N) is 1. The van der Waals surface area contributed by atoms with Gasteiger partial charge in [0.05, 0.1) is 0 Å². The van der Waals surface area contributed by atoms with Gasteiger partial charge < -0.3 is 5.32 Å². The molecule has 70 valence electrons. The molecule has 0 atom stereocenters. The molecule has 0 radical (unpaired) electrons. The Morgan fingerprint density at radius 3 is 2.58 bits per heavy atom. The fourth-order valence-electron chi connectivity index (χ4n) is 1.35. The molecule has 1 aliphatic rings. The second-order valence-electron chi connectivity index (χ2n) is 3.71. The van der Waals surface area contributed by atoms with Crippen LogP contribution in [0.1, 0.15) is 20.3 Å². The highest BCUT2D eigenvalue weighted by Gasteiger charge is 2.33. The molecule has 0 aromatic heterocycles. The zero-order chi connectivity index (χ0) is 9.19. The van der Waals surface area contributed by atoms with Crippen molar-refractivity contribution >= 4 is 0 Å². The Hall–Kier alpha value is -0.440. The molecule has 0 saturated heterocycles. The molecule has 0 aromatic carbocycles. The van der Waals surface area contributed by atoms with Crippen molar-refractivity contribution in [3.8, 4) is 0 Å². The average Bonchev–Trinajstić information content (AvgIpc) is 2.06. The summed E-state index contributed by atoms with van der Waals surface area (Å²) in [7, 11) is 0.